The lowest BCUT2D eigenvalue weighted by molar-refractivity contribution is -0.146. The van der Waals surface area contributed by atoms with Crippen LogP contribution in [0, 0.1) is 29.1 Å². The summed E-state index contributed by atoms with van der Waals surface area (Å²) in [5, 5.41) is 3.72. The predicted octanol–water partition coefficient (Wildman–Crippen LogP) is 4.12. The van der Waals surface area contributed by atoms with Crippen LogP contribution in [-0.4, -0.2) is 17.8 Å². The van der Waals surface area contributed by atoms with Crippen LogP contribution in [0.2, 0.25) is 0 Å². The monoisotopic (exact) mass is 309 g/mol. The molecule has 0 aromatic carbocycles. The fourth-order valence-corrected chi connectivity index (χ4v) is 6.39. The van der Waals surface area contributed by atoms with Crippen LogP contribution in [0.4, 0.5) is 0 Å². The SMILES string of the molecule is O=C(NCC1CCC(Cl)CC1)C12CC3CC(CC(C3)C1)C2. The largest absolute Gasteiger partial charge is 0.355 e. The lowest BCUT2D eigenvalue weighted by Gasteiger charge is -2.55. The first-order valence-corrected chi connectivity index (χ1v) is 9.49. The van der Waals surface area contributed by atoms with Gasteiger partial charge in [-0.2, -0.15) is 0 Å². The van der Waals surface area contributed by atoms with Gasteiger partial charge in [0.25, 0.3) is 0 Å². The smallest absolute Gasteiger partial charge is 0.226 e. The van der Waals surface area contributed by atoms with E-state index in [9.17, 15) is 4.79 Å². The molecular formula is C18H28ClNO. The maximum absolute atomic E-state index is 12.9. The molecule has 5 aliphatic carbocycles. The topological polar surface area (TPSA) is 29.1 Å². The van der Waals surface area contributed by atoms with Gasteiger partial charge in [0.15, 0.2) is 0 Å². The minimum atomic E-state index is 0.0262. The molecule has 5 fully saturated rings. The van der Waals surface area contributed by atoms with E-state index in [1.165, 1.54) is 51.4 Å². The van der Waals surface area contributed by atoms with Crippen molar-refractivity contribution in [2.45, 2.75) is 69.6 Å². The molecule has 2 nitrogen and oxygen atoms in total. The lowest BCUT2D eigenvalue weighted by Crippen LogP contribution is -2.54. The Morgan fingerprint density at radius 2 is 1.48 bits per heavy atom. The van der Waals surface area contributed by atoms with E-state index in [-0.39, 0.29) is 5.41 Å². The number of carbonyl (C=O) groups excluding carboxylic acids is 1. The average molecular weight is 310 g/mol. The van der Waals surface area contributed by atoms with E-state index in [1.807, 2.05) is 0 Å². The van der Waals surface area contributed by atoms with Crippen molar-refractivity contribution in [2.24, 2.45) is 29.1 Å². The Bertz CT molecular complexity index is 378. The summed E-state index contributed by atoms with van der Waals surface area (Å²) < 4.78 is 0. The van der Waals surface area contributed by atoms with Crippen LogP contribution in [0.1, 0.15) is 64.2 Å². The third-order valence-corrected chi connectivity index (χ3v) is 7.28. The second kappa shape index (κ2) is 5.44. The highest BCUT2D eigenvalue weighted by Gasteiger charge is 2.54. The van der Waals surface area contributed by atoms with Crippen LogP contribution in [0.5, 0.6) is 0 Å². The summed E-state index contributed by atoms with van der Waals surface area (Å²) in [6.07, 6.45) is 12.4. The van der Waals surface area contributed by atoms with Gasteiger partial charge in [0.05, 0.1) is 0 Å². The molecule has 4 bridgehead atoms. The van der Waals surface area contributed by atoms with Crippen LogP contribution in [0.25, 0.3) is 0 Å². The normalized spacial score (nSPS) is 48.3. The highest BCUT2D eigenvalue weighted by Crippen LogP contribution is 2.60. The molecule has 0 saturated heterocycles. The molecule has 0 atom stereocenters. The first kappa shape index (κ1) is 14.4. The van der Waals surface area contributed by atoms with Gasteiger partial charge in [0.1, 0.15) is 0 Å². The van der Waals surface area contributed by atoms with Crippen LogP contribution in [0.15, 0.2) is 0 Å². The zero-order chi connectivity index (χ0) is 14.4. The van der Waals surface area contributed by atoms with E-state index in [0.29, 0.717) is 17.2 Å². The molecule has 0 unspecified atom stereocenters. The number of carbonyl (C=O) groups is 1. The third kappa shape index (κ3) is 2.73. The third-order valence-electron chi connectivity index (χ3n) is 6.85. The summed E-state index contributed by atoms with van der Waals surface area (Å²) in [5.41, 5.74) is 0.0262. The zero-order valence-electron chi connectivity index (χ0n) is 13.0. The van der Waals surface area contributed by atoms with E-state index >= 15 is 0 Å². The number of alkyl halides is 1. The van der Waals surface area contributed by atoms with E-state index in [2.05, 4.69) is 5.32 Å². The van der Waals surface area contributed by atoms with Crippen LogP contribution < -0.4 is 5.32 Å². The molecule has 0 spiro atoms. The molecule has 0 aliphatic heterocycles. The van der Waals surface area contributed by atoms with E-state index in [0.717, 1.165) is 37.1 Å². The van der Waals surface area contributed by atoms with E-state index in [1.54, 1.807) is 0 Å². The molecule has 5 aliphatic rings. The van der Waals surface area contributed by atoms with E-state index in [4.69, 9.17) is 11.6 Å². The van der Waals surface area contributed by atoms with Crippen molar-refractivity contribution in [1.82, 2.24) is 5.32 Å². The van der Waals surface area contributed by atoms with Gasteiger partial charge in [-0.15, -0.1) is 11.6 Å². The van der Waals surface area contributed by atoms with Crippen molar-refractivity contribution in [1.29, 1.82) is 0 Å². The molecule has 0 aromatic heterocycles. The van der Waals surface area contributed by atoms with Crippen molar-refractivity contribution in [3.63, 3.8) is 0 Å². The fraction of sp³-hybridized carbons (Fsp3) is 0.944. The van der Waals surface area contributed by atoms with Gasteiger partial charge in [0.2, 0.25) is 5.91 Å². The Morgan fingerprint density at radius 3 is 2.00 bits per heavy atom. The average Bonchev–Trinajstić information content (AvgIpc) is 2.45. The Kier molecular flexibility index (Phi) is 3.72. The molecular weight excluding hydrogens is 282 g/mol. The van der Waals surface area contributed by atoms with Gasteiger partial charge in [-0.1, -0.05) is 0 Å². The van der Waals surface area contributed by atoms with Gasteiger partial charge in [0, 0.05) is 17.3 Å². The molecule has 1 amide bonds. The number of nitrogens with one attached hydrogen (secondary N) is 1. The van der Waals surface area contributed by atoms with Crippen molar-refractivity contribution in [2.75, 3.05) is 6.54 Å². The Balaban J connectivity index is 1.35. The quantitative estimate of drug-likeness (QED) is 0.781. The fourth-order valence-electron chi connectivity index (χ4n) is 6.14. The number of hydrogen-bond acceptors (Lipinski definition) is 1. The molecule has 5 saturated carbocycles. The molecule has 21 heavy (non-hydrogen) atoms. The predicted molar refractivity (Wildman–Crippen MR) is 85.2 cm³/mol. The van der Waals surface area contributed by atoms with Gasteiger partial charge in [-0.25, -0.2) is 0 Å². The highest BCUT2D eigenvalue weighted by atomic mass is 35.5. The van der Waals surface area contributed by atoms with Crippen molar-refractivity contribution >= 4 is 17.5 Å². The molecule has 1 N–H and O–H groups in total. The van der Waals surface area contributed by atoms with Crippen LogP contribution in [-0.2, 0) is 4.79 Å². The summed E-state index contributed by atoms with van der Waals surface area (Å²) in [4.78, 5) is 12.9. The number of hydrogen-bond donors (Lipinski definition) is 1. The second-order valence-corrected chi connectivity index (χ2v) is 9.14. The number of rotatable bonds is 3. The van der Waals surface area contributed by atoms with Crippen LogP contribution >= 0.6 is 11.6 Å². The maximum Gasteiger partial charge on any atom is 0.226 e. The standard InChI is InChI=1S/C18H28ClNO/c19-16-3-1-12(2-4-16)11-20-17(21)18-8-13-5-14(9-18)7-15(6-13)10-18/h12-16H,1-11H2,(H,20,21). The highest BCUT2D eigenvalue weighted by molar-refractivity contribution is 6.20. The minimum Gasteiger partial charge on any atom is -0.355 e. The summed E-state index contributed by atoms with van der Waals surface area (Å²) in [6.45, 7) is 0.893. The first-order chi connectivity index (χ1) is 10.1. The number of halogens is 1. The molecule has 0 aromatic rings. The molecule has 3 heteroatoms. The van der Waals surface area contributed by atoms with Gasteiger partial charge in [-0.3, -0.25) is 4.79 Å². The minimum absolute atomic E-state index is 0.0262. The maximum atomic E-state index is 12.9. The molecule has 5 rings (SSSR count). The summed E-state index contributed by atoms with van der Waals surface area (Å²) in [5.74, 6) is 3.63. The Labute approximate surface area is 133 Å². The lowest BCUT2D eigenvalue weighted by atomic mass is 9.49. The first-order valence-electron chi connectivity index (χ1n) is 9.05. The molecule has 0 heterocycles. The Hall–Kier alpha value is -0.240. The van der Waals surface area contributed by atoms with Crippen molar-refractivity contribution in [3.8, 4) is 0 Å². The second-order valence-electron chi connectivity index (χ2n) is 8.53. The van der Waals surface area contributed by atoms with Gasteiger partial charge < -0.3 is 5.32 Å². The number of amides is 1. The molecule has 118 valence electrons. The zero-order valence-corrected chi connectivity index (χ0v) is 13.7. The van der Waals surface area contributed by atoms with Gasteiger partial charge >= 0.3 is 0 Å². The Morgan fingerprint density at radius 1 is 0.952 bits per heavy atom. The van der Waals surface area contributed by atoms with Gasteiger partial charge in [-0.05, 0) is 87.9 Å². The van der Waals surface area contributed by atoms with Crippen molar-refractivity contribution in [3.05, 3.63) is 0 Å². The van der Waals surface area contributed by atoms with Crippen LogP contribution in [0.3, 0.4) is 0 Å². The summed E-state index contributed by atoms with van der Waals surface area (Å²) >= 11 is 6.17. The summed E-state index contributed by atoms with van der Waals surface area (Å²) in [7, 11) is 0. The van der Waals surface area contributed by atoms with Crippen molar-refractivity contribution < 1.29 is 4.79 Å². The molecule has 0 radical (unpaired) electrons. The van der Waals surface area contributed by atoms with E-state index < -0.39 is 0 Å². The summed E-state index contributed by atoms with van der Waals surface area (Å²) in [6, 6.07) is 0.